The number of aliphatic hydroxyl groups excluding tert-OH is 1. The highest BCUT2D eigenvalue weighted by molar-refractivity contribution is 4.84. The first-order valence-electron chi connectivity index (χ1n) is 7.57. The van der Waals surface area contributed by atoms with E-state index < -0.39 is 0 Å². The summed E-state index contributed by atoms with van der Waals surface area (Å²) in [6.45, 7) is 5.50. The van der Waals surface area contributed by atoms with Gasteiger partial charge in [0.2, 0.25) is 0 Å². The second-order valence-corrected chi connectivity index (χ2v) is 5.90. The normalized spacial score (nSPS) is 28.0. The summed E-state index contributed by atoms with van der Waals surface area (Å²) in [6, 6.07) is 0. The summed E-state index contributed by atoms with van der Waals surface area (Å²) in [7, 11) is 1.93. The molecule has 1 unspecified atom stereocenters. The minimum atomic E-state index is -0.107. The van der Waals surface area contributed by atoms with Crippen molar-refractivity contribution in [1.82, 2.24) is 5.32 Å². The lowest BCUT2D eigenvalue weighted by molar-refractivity contribution is 0.0135. The molecule has 18 heavy (non-hydrogen) atoms. The van der Waals surface area contributed by atoms with E-state index in [9.17, 15) is 5.11 Å². The first-order chi connectivity index (χ1) is 8.65. The number of aliphatic hydroxyl groups is 1. The summed E-state index contributed by atoms with van der Waals surface area (Å²) >= 11 is 0. The molecular formula is C15H31NO2. The Kier molecular flexibility index (Phi) is 7.20. The maximum Gasteiger partial charge on any atom is 0.0613 e. The summed E-state index contributed by atoms with van der Waals surface area (Å²) < 4.78 is 5.95. The highest BCUT2D eigenvalue weighted by atomic mass is 16.5. The molecule has 0 spiro atoms. The molecule has 108 valence electrons. The number of rotatable bonds is 8. The van der Waals surface area contributed by atoms with Crippen LogP contribution in [0.15, 0.2) is 0 Å². The minimum Gasteiger partial charge on any atom is -0.394 e. The average molecular weight is 257 g/mol. The van der Waals surface area contributed by atoms with Gasteiger partial charge in [-0.05, 0) is 57.9 Å². The van der Waals surface area contributed by atoms with Crippen molar-refractivity contribution in [2.45, 2.75) is 70.4 Å². The van der Waals surface area contributed by atoms with Crippen molar-refractivity contribution < 1.29 is 9.84 Å². The van der Waals surface area contributed by atoms with Gasteiger partial charge >= 0.3 is 0 Å². The first-order valence-corrected chi connectivity index (χ1v) is 7.57. The van der Waals surface area contributed by atoms with Gasteiger partial charge in [-0.1, -0.05) is 13.8 Å². The maximum atomic E-state index is 9.45. The molecule has 3 heteroatoms. The van der Waals surface area contributed by atoms with E-state index in [1.807, 2.05) is 7.05 Å². The zero-order valence-electron chi connectivity index (χ0n) is 12.4. The van der Waals surface area contributed by atoms with Gasteiger partial charge in [0, 0.05) is 12.1 Å². The minimum absolute atomic E-state index is 0.107. The summed E-state index contributed by atoms with van der Waals surface area (Å²) in [6.07, 6.45) is 8.55. The van der Waals surface area contributed by atoms with E-state index in [-0.39, 0.29) is 12.1 Å². The Morgan fingerprint density at radius 3 is 2.44 bits per heavy atom. The predicted molar refractivity (Wildman–Crippen MR) is 75.8 cm³/mol. The zero-order chi connectivity index (χ0) is 13.4. The van der Waals surface area contributed by atoms with Crippen LogP contribution in [-0.2, 0) is 4.74 Å². The van der Waals surface area contributed by atoms with E-state index in [0.29, 0.717) is 6.10 Å². The molecule has 0 aromatic carbocycles. The van der Waals surface area contributed by atoms with Gasteiger partial charge in [0.1, 0.15) is 0 Å². The summed E-state index contributed by atoms with van der Waals surface area (Å²) in [4.78, 5) is 0. The lowest BCUT2D eigenvalue weighted by atomic mass is 9.89. The molecule has 0 aromatic heterocycles. The lowest BCUT2D eigenvalue weighted by Crippen LogP contribution is -2.46. The second-order valence-electron chi connectivity index (χ2n) is 5.90. The lowest BCUT2D eigenvalue weighted by Gasteiger charge is -2.31. The molecule has 1 aliphatic rings. The van der Waals surface area contributed by atoms with E-state index in [1.165, 1.54) is 25.7 Å². The second kappa shape index (κ2) is 8.13. The molecule has 3 nitrogen and oxygen atoms in total. The van der Waals surface area contributed by atoms with Crippen molar-refractivity contribution >= 4 is 0 Å². The van der Waals surface area contributed by atoms with Crippen LogP contribution in [0.25, 0.3) is 0 Å². The van der Waals surface area contributed by atoms with Gasteiger partial charge in [-0.3, -0.25) is 0 Å². The first kappa shape index (κ1) is 15.9. The third-order valence-electron chi connectivity index (χ3n) is 4.63. The highest BCUT2D eigenvalue weighted by Crippen LogP contribution is 2.26. The smallest absolute Gasteiger partial charge is 0.0613 e. The number of hydrogen-bond acceptors (Lipinski definition) is 3. The fourth-order valence-corrected chi connectivity index (χ4v) is 2.81. The fraction of sp³-hybridized carbons (Fsp3) is 1.00. The molecule has 1 aliphatic carbocycles. The van der Waals surface area contributed by atoms with Crippen molar-refractivity contribution in [3.8, 4) is 0 Å². The monoisotopic (exact) mass is 257 g/mol. The Labute approximate surface area is 112 Å². The van der Waals surface area contributed by atoms with Crippen molar-refractivity contribution in [3.05, 3.63) is 0 Å². The highest BCUT2D eigenvalue weighted by Gasteiger charge is 2.24. The average Bonchev–Trinajstić information content (AvgIpc) is 2.42. The van der Waals surface area contributed by atoms with E-state index in [0.717, 1.165) is 31.8 Å². The van der Waals surface area contributed by atoms with Crippen molar-refractivity contribution in [2.75, 3.05) is 20.3 Å². The van der Waals surface area contributed by atoms with Crippen molar-refractivity contribution in [2.24, 2.45) is 5.92 Å². The van der Waals surface area contributed by atoms with Crippen LogP contribution in [0.1, 0.15) is 58.8 Å². The van der Waals surface area contributed by atoms with E-state index in [4.69, 9.17) is 4.74 Å². The molecule has 0 amide bonds. The van der Waals surface area contributed by atoms with Gasteiger partial charge in [0.15, 0.2) is 0 Å². The van der Waals surface area contributed by atoms with Gasteiger partial charge in [-0.25, -0.2) is 0 Å². The largest absolute Gasteiger partial charge is 0.394 e. The SMILES string of the molecule is CCC(CO)(CCCOC1CCC(C)CC1)NC. The molecule has 0 aromatic rings. The van der Waals surface area contributed by atoms with Crippen LogP contribution in [-0.4, -0.2) is 37.0 Å². The van der Waals surface area contributed by atoms with E-state index >= 15 is 0 Å². The Balaban J connectivity index is 2.14. The molecule has 0 radical (unpaired) electrons. The van der Waals surface area contributed by atoms with Gasteiger partial charge in [-0.15, -0.1) is 0 Å². The number of ether oxygens (including phenoxy) is 1. The molecule has 1 saturated carbocycles. The molecule has 1 rings (SSSR count). The van der Waals surface area contributed by atoms with Crippen molar-refractivity contribution in [3.63, 3.8) is 0 Å². The quantitative estimate of drug-likeness (QED) is 0.657. The molecule has 2 N–H and O–H groups in total. The van der Waals surface area contributed by atoms with Gasteiger partial charge in [0.25, 0.3) is 0 Å². The Hall–Kier alpha value is -0.120. The third kappa shape index (κ3) is 4.87. The van der Waals surface area contributed by atoms with E-state index in [1.54, 1.807) is 0 Å². The van der Waals surface area contributed by atoms with Gasteiger partial charge in [-0.2, -0.15) is 0 Å². The molecule has 1 fully saturated rings. The summed E-state index contributed by atoms with van der Waals surface area (Å²) in [5.74, 6) is 0.885. The topological polar surface area (TPSA) is 41.5 Å². The Bertz CT molecular complexity index is 200. The summed E-state index contributed by atoms with van der Waals surface area (Å²) in [5.41, 5.74) is -0.107. The van der Waals surface area contributed by atoms with Crippen LogP contribution in [0.4, 0.5) is 0 Å². The molecule has 1 atom stereocenters. The molecule has 0 saturated heterocycles. The molecule has 0 aliphatic heterocycles. The predicted octanol–water partition coefficient (Wildman–Crippen LogP) is 2.72. The molecular weight excluding hydrogens is 226 g/mol. The Morgan fingerprint density at radius 1 is 1.28 bits per heavy atom. The van der Waals surface area contributed by atoms with Crippen LogP contribution in [0.3, 0.4) is 0 Å². The van der Waals surface area contributed by atoms with Gasteiger partial charge < -0.3 is 15.2 Å². The fourth-order valence-electron chi connectivity index (χ4n) is 2.81. The number of likely N-dealkylation sites (N-methyl/N-ethyl adjacent to an activating group) is 1. The Morgan fingerprint density at radius 2 is 1.94 bits per heavy atom. The van der Waals surface area contributed by atoms with E-state index in [2.05, 4.69) is 19.2 Å². The van der Waals surface area contributed by atoms with Crippen LogP contribution < -0.4 is 5.32 Å². The van der Waals surface area contributed by atoms with Crippen LogP contribution >= 0.6 is 0 Å². The summed E-state index contributed by atoms with van der Waals surface area (Å²) in [5, 5.41) is 12.7. The van der Waals surface area contributed by atoms with Crippen LogP contribution in [0.2, 0.25) is 0 Å². The van der Waals surface area contributed by atoms with Crippen molar-refractivity contribution in [1.29, 1.82) is 0 Å². The molecule has 0 heterocycles. The van der Waals surface area contributed by atoms with Gasteiger partial charge in [0.05, 0.1) is 12.7 Å². The zero-order valence-corrected chi connectivity index (χ0v) is 12.4. The number of hydrogen-bond donors (Lipinski definition) is 2. The molecule has 0 bridgehead atoms. The third-order valence-corrected chi connectivity index (χ3v) is 4.63. The number of nitrogens with one attached hydrogen (secondary N) is 1. The maximum absolute atomic E-state index is 9.45. The van der Waals surface area contributed by atoms with Crippen LogP contribution in [0.5, 0.6) is 0 Å². The van der Waals surface area contributed by atoms with Crippen LogP contribution in [0, 0.1) is 5.92 Å². The standard InChI is InChI=1S/C15H31NO2/c1-4-15(12-17,16-3)10-5-11-18-14-8-6-13(2)7-9-14/h13-14,16-17H,4-12H2,1-3H3.